The lowest BCUT2D eigenvalue weighted by Crippen LogP contribution is -2.58. The third kappa shape index (κ3) is 8.40. The van der Waals surface area contributed by atoms with Crippen molar-refractivity contribution in [2.75, 3.05) is 5.32 Å². The Morgan fingerprint density at radius 2 is 1.55 bits per heavy atom. The summed E-state index contributed by atoms with van der Waals surface area (Å²) in [6.45, 7) is 14.3. The average molecular weight is 670 g/mol. The number of rotatable bonds is 10. The van der Waals surface area contributed by atoms with Crippen molar-refractivity contribution in [3.63, 3.8) is 0 Å². The number of amides is 2. The summed E-state index contributed by atoms with van der Waals surface area (Å²) in [5.74, 6) is -1.59. The highest BCUT2D eigenvalue weighted by molar-refractivity contribution is 6.12. The largest absolute Gasteiger partial charge is 0.465 e. The Morgan fingerprint density at radius 3 is 2.12 bits per heavy atom. The van der Waals surface area contributed by atoms with Crippen molar-refractivity contribution in [2.45, 2.75) is 97.8 Å². The zero-order chi connectivity index (χ0) is 35.5. The van der Waals surface area contributed by atoms with Crippen LogP contribution in [-0.4, -0.2) is 45.7 Å². The van der Waals surface area contributed by atoms with E-state index in [2.05, 4.69) is 29.0 Å². The predicted molar refractivity (Wildman–Crippen MR) is 191 cm³/mol. The van der Waals surface area contributed by atoms with Crippen molar-refractivity contribution in [1.82, 2.24) is 9.88 Å². The monoisotopic (exact) mass is 669 g/mol. The lowest BCUT2D eigenvalue weighted by atomic mass is 9.81. The third-order valence-electron chi connectivity index (χ3n) is 8.93. The van der Waals surface area contributed by atoms with Gasteiger partial charge in [0.1, 0.15) is 5.82 Å². The second-order valence-electron chi connectivity index (χ2n) is 14.6. The molecule has 9 heteroatoms. The second-order valence-corrected chi connectivity index (χ2v) is 14.6. The molecule has 2 heterocycles. The summed E-state index contributed by atoms with van der Waals surface area (Å²) in [5.41, 5.74) is 4.94. The van der Waals surface area contributed by atoms with E-state index < -0.39 is 29.4 Å². The number of carbonyl (C=O) groups is 2. The highest BCUT2D eigenvalue weighted by atomic mass is 19.1. The minimum absolute atomic E-state index is 0.0574. The Labute approximate surface area is 288 Å². The van der Waals surface area contributed by atoms with E-state index in [9.17, 15) is 19.1 Å². The summed E-state index contributed by atoms with van der Waals surface area (Å²) in [5, 5.41) is 15.5. The minimum Gasteiger partial charge on any atom is -0.465 e. The molecule has 1 aliphatic rings. The zero-order valence-electron chi connectivity index (χ0n) is 29.4. The maximum absolute atomic E-state index is 14.4. The van der Waals surface area contributed by atoms with Gasteiger partial charge in [-0.2, -0.15) is 0 Å². The number of hydrogen-bond donors (Lipinski definition) is 3. The van der Waals surface area contributed by atoms with Crippen LogP contribution in [0.3, 0.4) is 0 Å². The number of carbonyl (C=O) groups excluding carboxylic acids is 1. The van der Waals surface area contributed by atoms with Crippen LogP contribution in [-0.2, 0) is 16.0 Å². The first-order valence-corrected chi connectivity index (χ1v) is 16.9. The minimum atomic E-state index is -1.10. The summed E-state index contributed by atoms with van der Waals surface area (Å²) >= 11 is 0. The number of para-hydroxylation sites is 1. The molecule has 1 aromatic heterocycles. The van der Waals surface area contributed by atoms with E-state index in [0.29, 0.717) is 30.6 Å². The van der Waals surface area contributed by atoms with Gasteiger partial charge < -0.3 is 29.8 Å². The first-order chi connectivity index (χ1) is 23.1. The van der Waals surface area contributed by atoms with Crippen LogP contribution < -0.4 is 10.6 Å². The molecule has 49 heavy (non-hydrogen) atoms. The van der Waals surface area contributed by atoms with Crippen molar-refractivity contribution >= 4 is 17.7 Å². The molecule has 8 nitrogen and oxygen atoms in total. The third-order valence-corrected chi connectivity index (χ3v) is 8.93. The van der Waals surface area contributed by atoms with E-state index in [0.717, 1.165) is 28.1 Å². The normalized spacial score (nSPS) is 18.2. The first-order valence-electron chi connectivity index (χ1n) is 16.9. The van der Waals surface area contributed by atoms with E-state index in [4.69, 9.17) is 9.47 Å². The highest BCUT2D eigenvalue weighted by Crippen LogP contribution is 2.43. The number of nitrogens with zero attached hydrogens (tertiary/aromatic N) is 1. The van der Waals surface area contributed by atoms with Crippen LogP contribution >= 0.6 is 0 Å². The Balaban J connectivity index is 1.64. The Bertz CT molecular complexity index is 1740. The number of hydrogen-bond acceptors (Lipinski definition) is 4. The van der Waals surface area contributed by atoms with Crippen LogP contribution in [0.1, 0.15) is 83.3 Å². The highest BCUT2D eigenvalue weighted by Gasteiger charge is 2.43. The SMILES string of the molecule is CC(C)c1c(C(=O)Nc2ccccc2)c(-c2ccccc2)c(-c2ccc(F)cc2)n1CC[C@@H]1C[C@H]([C@H](NC(=O)O)C(C)(C)C)OC(C)(C)O1. The molecule has 0 unspecified atom stereocenters. The maximum Gasteiger partial charge on any atom is 0.404 e. The van der Waals surface area contributed by atoms with Gasteiger partial charge in [-0.15, -0.1) is 0 Å². The molecule has 0 spiro atoms. The quantitative estimate of drug-likeness (QED) is 0.156. The van der Waals surface area contributed by atoms with Gasteiger partial charge in [0.05, 0.1) is 29.5 Å². The Hall–Kier alpha value is -4.47. The van der Waals surface area contributed by atoms with E-state index >= 15 is 0 Å². The topological polar surface area (TPSA) is 102 Å². The molecule has 2 amide bonds. The number of halogens is 1. The molecule has 3 N–H and O–H groups in total. The predicted octanol–water partition coefficient (Wildman–Crippen LogP) is 9.32. The molecule has 0 bridgehead atoms. The second kappa shape index (κ2) is 14.6. The lowest BCUT2D eigenvalue weighted by molar-refractivity contribution is -0.308. The van der Waals surface area contributed by atoms with E-state index in [1.165, 1.54) is 12.1 Å². The van der Waals surface area contributed by atoms with Gasteiger partial charge in [0.15, 0.2) is 5.79 Å². The van der Waals surface area contributed by atoms with Crippen LogP contribution in [0.2, 0.25) is 0 Å². The molecule has 0 saturated carbocycles. The molecule has 4 aromatic rings. The Morgan fingerprint density at radius 1 is 0.939 bits per heavy atom. The lowest BCUT2D eigenvalue weighted by Gasteiger charge is -2.46. The number of benzene rings is 3. The molecule has 0 radical (unpaired) electrons. The molecule has 1 aliphatic heterocycles. The number of anilines is 1. The van der Waals surface area contributed by atoms with Gasteiger partial charge >= 0.3 is 6.09 Å². The van der Waals surface area contributed by atoms with E-state index in [-0.39, 0.29) is 23.7 Å². The number of ether oxygens (including phenoxy) is 2. The smallest absolute Gasteiger partial charge is 0.404 e. The summed E-state index contributed by atoms with van der Waals surface area (Å²) < 4.78 is 29.3. The molecule has 5 rings (SSSR count). The molecule has 0 aliphatic carbocycles. The molecular formula is C40H48FN3O5. The van der Waals surface area contributed by atoms with Crippen molar-refractivity contribution in [3.8, 4) is 22.4 Å². The van der Waals surface area contributed by atoms with E-state index in [1.807, 2.05) is 95.3 Å². The van der Waals surface area contributed by atoms with Crippen LogP contribution in [0.5, 0.6) is 0 Å². The number of nitrogens with one attached hydrogen (secondary N) is 2. The summed E-state index contributed by atoms with van der Waals surface area (Å²) in [4.78, 5) is 26.2. The standard InChI is InChI=1S/C40H48FN3O5/c1-25(2)34-33(37(45)42-29-16-12-9-13-17-29)32(26-14-10-8-11-15-26)35(27-18-20-28(41)21-19-27)44(34)23-22-30-24-31(49-40(6,7)48-30)36(39(3,4)5)43-38(46)47/h8-21,25,30-31,36,43H,22-24H2,1-7H3,(H,42,45)(H,46,47)/t30-,31-,36+/m1/s1. The van der Waals surface area contributed by atoms with Gasteiger partial charge in [-0.25, -0.2) is 9.18 Å². The van der Waals surface area contributed by atoms with E-state index in [1.54, 1.807) is 12.1 Å². The molecular weight excluding hydrogens is 621 g/mol. The summed E-state index contributed by atoms with van der Waals surface area (Å²) in [6, 6.07) is 25.1. The summed E-state index contributed by atoms with van der Waals surface area (Å²) in [6.07, 6.45) is -0.772. The number of carboxylic acid groups (broad SMARTS) is 1. The number of aromatic nitrogens is 1. The average Bonchev–Trinajstić information content (AvgIpc) is 3.38. The fourth-order valence-corrected chi connectivity index (χ4v) is 7.01. The van der Waals surface area contributed by atoms with Gasteiger partial charge in [0.2, 0.25) is 0 Å². The van der Waals surface area contributed by atoms with Crippen LogP contribution in [0, 0.1) is 11.2 Å². The van der Waals surface area contributed by atoms with Crippen LogP contribution in [0.15, 0.2) is 84.9 Å². The van der Waals surface area contributed by atoms with Gasteiger partial charge in [0.25, 0.3) is 5.91 Å². The van der Waals surface area contributed by atoms with Crippen LogP contribution in [0.25, 0.3) is 22.4 Å². The molecule has 1 saturated heterocycles. The van der Waals surface area contributed by atoms with Crippen molar-refractivity contribution < 1.29 is 28.6 Å². The molecule has 1 fully saturated rings. The molecule has 260 valence electrons. The van der Waals surface area contributed by atoms with Gasteiger partial charge in [-0.3, -0.25) is 4.79 Å². The Kier molecular flexibility index (Phi) is 10.6. The van der Waals surface area contributed by atoms with Gasteiger partial charge in [-0.05, 0) is 79.1 Å². The fraction of sp³-hybridized carbons (Fsp3) is 0.400. The van der Waals surface area contributed by atoms with Crippen molar-refractivity contribution in [2.24, 2.45) is 5.41 Å². The summed E-state index contributed by atoms with van der Waals surface area (Å²) in [7, 11) is 0. The van der Waals surface area contributed by atoms with Crippen molar-refractivity contribution in [3.05, 3.63) is 102 Å². The zero-order valence-corrected chi connectivity index (χ0v) is 29.4. The van der Waals surface area contributed by atoms with Crippen molar-refractivity contribution in [1.29, 1.82) is 0 Å². The van der Waals surface area contributed by atoms with Gasteiger partial charge in [-0.1, -0.05) is 83.1 Å². The van der Waals surface area contributed by atoms with Crippen LogP contribution in [0.4, 0.5) is 14.9 Å². The molecule has 3 aromatic carbocycles. The maximum atomic E-state index is 14.4. The first kappa shape index (κ1) is 35.8. The fourth-order valence-electron chi connectivity index (χ4n) is 7.01. The molecule has 3 atom stereocenters. The van der Waals surface area contributed by atoms with Gasteiger partial charge in [0, 0.05) is 29.9 Å².